The monoisotopic (exact) mass is 272 g/mol. The predicted molar refractivity (Wildman–Crippen MR) is 78.4 cm³/mol. The second-order valence-corrected chi connectivity index (χ2v) is 7.45. The average molecular weight is 272 g/mol. The summed E-state index contributed by atoms with van der Waals surface area (Å²) in [7, 11) is -0.528. The van der Waals surface area contributed by atoms with Gasteiger partial charge in [0, 0.05) is 34.4 Å². The summed E-state index contributed by atoms with van der Waals surface area (Å²) in [5.41, 5.74) is 0. The largest absolute Gasteiger partial charge is 0.311 e. The van der Waals surface area contributed by atoms with Gasteiger partial charge in [0.25, 0.3) is 0 Å². The van der Waals surface area contributed by atoms with E-state index < -0.39 is 10.8 Å². The fourth-order valence-corrected chi connectivity index (χ4v) is 4.46. The Morgan fingerprint density at radius 2 is 1.83 bits per heavy atom. The molecule has 106 valence electrons. The first-order chi connectivity index (χ1) is 8.78. The van der Waals surface area contributed by atoms with Gasteiger partial charge in [0.1, 0.15) is 0 Å². The molecule has 0 aromatic rings. The second-order valence-electron chi connectivity index (χ2n) is 5.76. The Bertz CT molecular complexity index is 263. The molecule has 1 N–H and O–H groups in total. The molecule has 2 fully saturated rings. The molecule has 3 nitrogen and oxygen atoms in total. The number of nitrogens with one attached hydrogen (secondary N) is 1. The van der Waals surface area contributed by atoms with Crippen molar-refractivity contribution < 1.29 is 4.21 Å². The normalized spacial score (nSPS) is 35.3. The fourth-order valence-electron chi connectivity index (χ4n) is 3.16. The van der Waals surface area contributed by atoms with Gasteiger partial charge in [0.15, 0.2) is 0 Å². The van der Waals surface area contributed by atoms with Crippen molar-refractivity contribution in [2.45, 2.75) is 57.5 Å². The lowest BCUT2D eigenvalue weighted by Crippen LogP contribution is -2.42. The molecule has 2 aliphatic heterocycles. The van der Waals surface area contributed by atoms with Gasteiger partial charge < -0.3 is 10.2 Å². The van der Waals surface area contributed by atoms with Crippen LogP contribution in [0.3, 0.4) is 0 Å². The van der Waals surface area contributed by atoms with Crippen LogP contribution in [0.4, 0.5) is 0 Å². The molecule has 2 aliphatic rings. The van der Waals surface area contributed by atoms with E-state index in [1.54, 1.807) is 0 Å². The maximum absolute atomic E-state index is 11.3. The van der Waals surface area contributed by atoms with Crippen LogP contribution in [0.1, 0.15) is 45.4 Å². The van der Waals surface area contributed by atoms with Crippen LogP contribution in [0.25, 0.3) is 0 Å². The third kappa shape index (κ3) is 4.63. The van der Waals surface area contributed by atoms with E-state index in [1.807, 2.05) is 0 Å². The van der Waals surface area contributed by atoms with Crippen LogP contribution in [-0.2, 0) is 10.8 Å². The van der Waals surface area contributed by atoms with Crippen LogP contribution in [0.5, 0.6) is 0 Å². The van der Waals surface area contributed by atoms with Gasteiger partial charge >= 0.3 is 0 Å². The maximum atomic E-state index is 11.3. The van der Waals surface area contributed by atoms with E-state index >= 15 is 0 Å². The van der Waals surface area contributed by atoms with Crippen molar-refractivity contribution in [3.05, 3.63) is 0 Å². The van der Waals surface area contributed by atoms with Crippen LogP contribution < -0.4 is 5.32 Å². The third-order valence-corrected chi connectivity index (χ3v) is 5.60. The number of hydrogen-bond donors (Lipinski definition) is 1. The summed E-state index contributed by atoms with van der Waals surface area (Å²) in [6.07, 6.45) is 7.44. The highest BCUT2D eigenvalue weighted by atomic mass is 32.2. The zero-order chi connectivity index (χ0) is 12.8. The molecule has 2 heterocycles. The van der Waals surface area contributed by atoms with Gasteiger partial charge in [0.2, 0.25) is 0 Å². The van der Waals surface area contributed by atoms with Gasteiger partial charge in [-0.15, -0.1) is 0 Å². The highest BCUT2D eigenvalue weighted by Gasteiger charge is 2.22. The Morgan fingerprint density at radius 1 is 1.11 bits per heavy atom. The summed E-state index contributed by atoms with van der Waals surface area (Å²) < 4.78 is 11.3. The molecule has 0 aromatic carbocycles. The van der Waals surface area contributed by atoms with Crippen molar-refractivity contribution in [1.82, 2.24) is 10.2 Å². The molecule has 1 unspecified atom stereocenters. The van der Waals surface area contributed by atoms with Gasteiger partial charge in [-0.25, -0.2) is 0 Å². The maximum Gasteiger partial charge on any atom is 0.0249 e. The van der Waals surface area contributed by atoms with Crippen LogP contribution in [-0.4, -0.2) is 52.3 Å². The van der Waals surface area contributed by atoms with Gasteiger partial charge in [-0.05, 0) is 58.2 Å². The first kappa shape index (κ1) is 14.5. The summed E-state index contributed by atoms with van der Waals surface area (Å²) >= 11 is 0. The molecule has 1 atom stereocenters. The van der Waals surface area contributed by atoms with E-state index in [9.17, 15) is 4.21 Å². The van der Waals surface area contributed by atoms with Crippen molar-refractivity contribution in [2.75, 3.05) is 31.1 Å². The average Bonchev–Trinajstić information content (AvgIpc) is 2.59. The number of rotatable bonds is 4. The molecular formula is C14H28N2OS. The first-order valence-corrected chi connectivity index (χ1v) is 9.10. The SMILES string of the molecule is CCCN1CCCC(NC2CCS(=O)CC2)CC1. The fraction of sp³-hybridized carbons (Fsp3) is 1.00. The summed E-state index contributed by atoms with van der Waals surface area (Å²) in [5, 5.41) is 3.82. The van der Waals surface area contributed by atoms with E-state index in [0.29, 0.717) is 12.1 Å². The van der Waals surface area contributed by atoms with E-state index in [1.165, 1.54) is 45.3 Å². The molecule has 0 aromatic heterocycles. The molecule has 0 amide bonds. The van der Waals surface area contributed by atoms with Crippen LogP contribution in [0, 0.1) is 0 Å². The molecule has 0 saturated carbocycles. The quantitative estimate of drug-likeness (QED) is 0.846. The Labute approximate surface area is 114 Å². The molecule has 0 bridgehead atoms. The first-order valence-electron chi connectivity index (χ1n) is 7.61. The van der Waals surface area contributed by atoms with Crippen LogP contribution >= 0.6 is 0 Å². The highest BCUT2D eigenvalue weighted by Crippen LogP contribution is 2.15. The van der Waals surface area contributed by atoms with Gasteiger partial charge in [-0.3, -0.25) is 4.21 Å². The standard InChI is InChI=1S/C14H28N2OS/c1-2-8-16-9-3-4-13(5-10-16)15-14-6-11-18(17)12-7-14/h13-15H,2-12H2,1H3. The van der Waals surface area contributed by atoms with E-state index in [2.05, 4.69) is 17.1 Å². The summed E-state index contributed by atoms with van der Waals surface area (Å²) in [6.45, 7) is 6.06. The Balaban J connectivity index is 1.71. The lowest BCUT2D eigenvalue weighted by Gasteiger charge is -2.27. The molecule has 4 heteroatoms. The van der Waals surface area contributed by atoms with Gasteiger partial charge in [0.05, 0.1) is 0 Å². The van der Waals surface area contributed by atoms with E-state index in [4.69, 9.17) is 0 Å². The van der Waals surface area contributed by atoms with Crippen molar-refractivity contribution in [3.63, 3.8) is 0 Å². The summed E-state index contributed by atoms with van der Waals surface area (Å²) in [6, 6.07) is 1.33. The van der Waals surface area contributed by atoms with Crippen molar-refractivity contribution in [2.24, 2.45) is 0 Å². The van der Waals surface area contributed by atoms with Crippen molar-refractivity contribution in [3.8, 4) is 0 Å². The zero-order valence-electron chi connectivity index (χ0n) is 11.7. The number of likely N-dealkylation sites (tertiary alicyclic amines) is 1. The minimum absolute atomic E-state index is 0.528. The molecule has 2 rings (SSSR count). The number of nitrogens with zero attached hydrogens (tertiary/aromatic N) is 1. The minimum atomic E-state index is -0.528. The molecule has 2 saturated heterocycles. The minimum Gasteiger partial charge on any atom is -0.311 e. The van der Waals surface area contributed by atoms with E-state index in [0.717, 1.165) is 24.3 Å². The molecule has 0 spiro atoms. The third-order valence-electron chi connectivity index (χ3n) is 4.22. The molecule has 18 heavy (non-hydrogen) atoms. The van der Waals surface area contributed by atoms with Crippen molar-refractivity contribution in [1.29, 1.82) is 0 Å². The van der Waals surface area contributed by atoms with Gasteiger partial charge in [-0.1, -0.05) is 6.92 Å². The Hall–Kier alpha value is 0.0700. The molecule has 0 radical (unpaired) electrons. The smallest absolute Gasteiger partial charge is 0.0249 e. The van der Waals surface area contributed by atoms with Crippen LogP contribution in [0.2, 0.25) is 0 Å². The van der Waals surface area contributed by atoms with Gasteiger partial charge in [-0.2, -0.15) is 0 Å². The zero-order valence-corrected chi connectivity index (χ0v) is 12.5. The van der Waals surface area contributed by atoms with Crippen molar-refractivity contribution >= 4 is 10.8 Å². The molecule has 0 aliphatic carbocycles. The predicted octanol–water partition coefficient (Wildman–Crippen LogP) is 1.75. The Morgan fingerprint density at radius 3 is 2.56 bits per heavy atom. The van der Waals surface area contributed by atoms with Crippen LogP contribution in [0.15, 0.2) is 0 Å². The summed E-state index contributed by atoms with van der Waals surface area (Å²) in [5.74, 6) is 1.82. The second kappa shape index (κ2) is 7.61. The lowest BCUT2D eigenvalue weighted by molar-refractivity contribution is 0.280. The highest BCUT2D eigenvalue weighted by molar-refractivity contribution is 7.85. The Kier molecular flexibility index (Phi) is 6.12. The topological polar surface area (TPSA) is 32.3 Å². The lowest BCUT2D eigenvalue weighted by atomic mass is 10.1. The van der Waals surface area contributed by atoms with E-state index in [-0.39, 0.29) is 0 Å². The summed E-state index contributed by atoms with van der Waals surface area (Å²) in [4.78, 5) is 2.61. The number of hydrogen-bond acceptors (Lipinski definition) is 3. The molecular weight excluding hydrogens is 244 g/mol.